The average Bonchev–Trinajstić information content (AvgIpc) is 2.84. The van der Waals surface area contributed by atoms with Crippen LogP contribution < -0.4 is 16.0 Å². The number of hydrogen-bond acceptors (Lipinski definition) is 8. The minimum absolute atomic E-state index is 0. The molecule has 1 aromatic rings. The fraction of sp³-hybridized carbons (Fsp3) is 0.500. The molecule has 0 aliphatic rings. The molecule has 114 valence electrons. The second-order valence-electron chi connectivity index (χ2n) is 3.45. The summed E-state index contributed by atoms with van der Waals surface area (Å²) in [5.74, 6) is 2.10. The van der Waals surface area contributed by atoms with Crippen LogP contribution >= 0.6 is 35.5 Å². The van der Waals surface area contributed by atoms with Crippen molar-refractivity contribution in [3.63, 3.8) is 0 Å². The molecule has 0 aromatic carbocycles. The van der Waals surface area contributed by atoms with E-state index in [-0.39, 0.29) is 12.4 Å². The number of halogens is 1. The van der Waals surface area contributed by atoms with Gasteiger partial charge in [0, 0.05) is 37.5 Å². The van der Waals surface area contributed by atoms with E-state index in [0.717, 1.165) is 28.5 Å². The number of aromatic nitrogens is 1. The smallest absolute Gasteiger partial charge is 0.274 e. The summed E-state index contributed by atoms with van der Waals surface area (Å²) in [7, 11) is 3.49. The molecule has 20 heavy (non-hydrogen) atoms. The van der Waals surface area contributed by atoms with Gasteiger partial charge in [0.15, 0.2) is 11.0 Å². The summed E-state index contributed by atoms with van der Waals surface area (Å²) in [5, 5.41) is 21.9. The average molecular weight is 340 g/mol. The normalized spacial score (nSPS) is 10.6. The zero-order chi connectivity index (χ0) is 14.1. The number of hydrogen-bond donors (Lipinski definition) is 3. The molecule has 0 saturated carbocycles. The lowest BCUT2D eigenvalue weighted by Gasteiger charge is -2.06. The molecule has 0 saturated heterocycles. The fourth-order valence-corrected chi connectivity index (χ4v) is 2.75. The van der Waals surface area contributed by atoms with Crippen LogP contribution in [0.2, 0.25) is 0 Å². The number of thioether (sulfide) groups is 1. The highest BCUT2D eigenvalue weighted by molar-refractivity contribution is 7.98. The summed E-state index contributed by atoms with van der Waals surface area (Å²) in [4.78, 5) is 14.2. The van der Waals surface area contributed by atoms with Crippen LogP contribution in [0.1, 0.15) is 5.69 Å². The molecule has 3 N–H and O–H groups in total. The predicted octanol–water partition coefficient (Wildman–Crippen LogP) is 1.72. The van der Waals surface area contributed by atoms with E-state index in [9.17, 15) is 10.1 Å². The quantitative estimate of drug-likeness (QED) is 0.358. The van der Waals surface area contributed by atoms with Gasteiger partial charge in [-0.3, -0.25) is 10.1 Å². The van der Waals surface area contributed by atoms with Crippen molar-refractivity contribution in [1.82, 2.24) is 15.6 Å². The molecule has 1 heterocycles. The molecule has 0 aliphatic carbocycles. The van der Waals surface area contributed by atoms with Crippen molar-refractivity contribution in [3.8, 4) is 0 Å². The molecule has 0 radical (unpaired) electrons. The standard InChI is InChI=1S/C10H17N5O2S2.ClH/c1-11-9(5-15(16)17)13-3-4-18-6-8-7-19-10(12-2)14-8;/h5,7,11,13H,3-4,6H2,1-2H3,(H,12,14);1H/b9-5+;. The molecule has 10 heteroatoms. The molecule has 0 amide bonds. The fourth-order valence-electron chi connectivity index (χ4n) is 1.23. The van der Waals surface area contributed by atoms with Gasteiger partial charge in [0.05, 0.1) is 10.6 Å². The van der Waals surface area contributed by atoms with Crippen molar-refractivity contribution >= 4 is 40.6 Å². The summed E-state index contributed by atoms with van der Waals surface area (Å²) in [6, 6.07) is 0. The van der Waals surface area contributed by atoms with Gasteiger partial charge < -0.3 is 16.0 Å². The Hall–Kier alpha value is -1.19. The van der Waals surface area contributed by atoms with Gasteiger partial charge in [-0.2, -0.15) is 11.8 Å². The van der Waals surface area contributed by atoms with Crippen LogP contribution in [-0.4, -0.2) is 36.3 Å². The van der Waals surface area contributed by atoms with Crippen LogP contribution in [0.3, 0.4) is 0 Å². The Kier molecular flexibility index (Phi) is 9.95. The predicted molar refractivity (Wildman–Crippen MR) is 87.2 cm³/mol. The lowest BCUT2D eigenvalue weighted by atomic mass is 10.6. The zero-order valence-electron chi connectivity index (χ0n) is 11.2. The number of thiazole rings is 1. The van der Waals surface area contributed by atoms with Crippen LogP contribution in [-0.2, 0) is 5.75 Å². The molecular weight excluding hydrogens is 322 g/mol. The van der Waals surface area contributed by atoms with Crippen LogP contribution in [0.4, 0.5) is 5.13 Å². The zero-order valence-corrected chi connectivity index (χ0v) is 13.7. The van der Waals surface area contributed by atoms with Crippen molar-refractivity contribution in [3.05, 3.63) is 33.2 Å². The molecule has 7 nitrogen and oxygen atoms in total. The van der Waals surface area contributed by atoms with Crippen LogP contribution in [0.25, 0.3) is 0 Å². The Labute approximate surface area is 132 Å². The maximum atomic E-state index is 10.3. The molecule has 0 spiro atoms. The van der Waals surface area contributed by atoms with Crippen molar-refractivity contribution in [2.75, 3.05) is 31.7 Å². The van der Waals surface area contributed by atoms with Crippen molar-refractivity contribution in [2.45, 2.75) is 5.75 Å². The highest BCUT2D eigenvalue weighted by Crippen LogP contribution is 2.18. The topological polar surface area (TPSA) is 92.1 Å². The first-order valence-electron chi connectivity index (χ1n) is 5.62. The third kappa shape index (κ3) is 7.41. The van der Waals surface area contributed by atoms with E-state index < -0.39 is 4.92 Å². The van der Waals surface area contributed by atoms with E-state index in [4.69, 9.17) is 0 Å². The molecule has 0 atom stereocenters. The van der Waals surface area contributed by atoms with Gasteiger partial charge >= 0.3 is 0 Å². The van der Waals surface area contributed by atoms with E-state index >= 15 is 0 Å². The van der Waals surface area contributed by atoms with Crippen LogP contribution in [0, 0.1) is 10.1 Å². The van der Waals surface area contributed by atoms with Gasteiger partial charge in [0.2, 0.25) is 0 Å². The Morgan fingerprint density at radius 2 is 2.35 bits per heavy atom. The second kappa shape index (κ2) is 10.6. The molecule has 1 aromatic heterocycles. The molecule has 1 rings (SSSR count). The second-order valence-corrected chi connectivity index (χ2v) is 5.41. The summed E-state index contributed by atoms with van der Waals surface area (Å²) < 4.78 is 0. The number of nitrogens with one attached hydrogen (secondary N) is 3. The Bertz CT molecular complexity index is 441. The maximum absolute atomic E-state index is 10.3. The van der Waals surface area contributed by atoms with Gasteiger partial charge in [-0.1, -0.05) is 0 Å². The largest absolute Gasteiger partial charge is 0.370 e. The first-order valence-corrected chi connectivity index (χ1v) is 7.66. The van der Waals surface area contributed by atoms with Crippen molar-refractivity contribution < 1.29 is 4.92 Å². The van der Waals surface area contributed by atoms with E-state index in [1.165, 1.54) is 0 Å². The minimum Gasteiger partial charge on any atom is -0.370 e. The SMILES string of the molecule is CN/C(=C\[N+](=O)[O-])NCCSCc1csc(NC)n1.Cl. The first-order chi connectivity index (χ1) is 9.15. The summed E-state index contributed by atoms with van der Waals surface area (Å²) >= 11 is 3.31. The molecule has 0 aliphatic heterocycles. The Morgan fingerprint density at radius 3 is 2.90 bits per heavy atom. The number of nitrogens with zero attached hydrogens (tertiary/aromatic N) is 2. The molecule has 0 bridgehead atoms. The van der Waals surface area contributed by atoms with E-state index in [0.29, 0.717) is 12.4 Å². The van der Waals surface area contributed by atoms with E-state index in [1.54, 1.807) is 30.1 Å². The van der Waals surface area contributed by atoms with Gasteiger partial charge in [-0.15, -0.1) is 23.7 Å². The first kappa shape index (κ1) is 18.8. The van der Waals surface area contributed by atoms with Gasteiger partial charge in [-0.05, 0) is 0 Å². The van der Waals surface area contributed by atoms with Crippen LogP contribution in [0.15, 0.2) is 17.4 Å². The Balaban J connectivity index is 0.00000361. The monoisotopic (exact) mass is 339 g/mol. The number of nitro groups is 1. The van der Waals surface area contributed by atoms with Crippen molar-refractivity contribution in [1.29, 1.82) is 0 Å². The molecule has 0 unspecified atom stereocenters. The van der Waals surface area contributed by atoms with Gasteiger partial charge in [0.1, 0.15) is 0 Å². The number of rotatable bonds is 9. The third-order valence-corrected chi connectivity index (χ3v) is 3.98. The Morgan fingerprint density at radius 1 is 1.60 bits per heavy atom. The lowest BCUT2D eigenvalue weighted by molar-refractivity contribution is -0.404. The lowest BCUT2D eigenvalue weighted by Crippen LogP contribution is -2.26. The van der Waals surface area contributed by atoms with Gasteiger partial charge in [-0.25, -0.2) is 4.98 Å². The van der Waals surface area contributed by atoms with E-state index in [2.05, 4.69) is 20.9 Å². The summed E-state index contributed by atoms with van der Waals surface area (Å²) in [5.41, 5.74) is 1.05. The van der Waals surface area contributed by atoms with Crippen molar-refractivity contribution in [2.24, 2.45) is 0 Å². The van der Waals surface area contributed by atoms with E-state index in [1.807, 2.05) is 12.4 Å². The molecular formula is C10H18ClN5O2S2. The van der Waals surface area contributed by atoms with Gasteiger partial charge in [0.25, 0.3) is 6.20 Å². The number of anilines is 1. The highest BCUT2D eigenvalue weighted by Gasteiger charge is 2.01. The highest BCUT2D eigenvalue weighted by atomic mass is 35.5. The third-order valence-electron chi connectivity index (χ3n) is 2.08. The maximum Gasteiger partial charge on any atom is 0.274 e. The van der Waals surface area contributed by atoms with Crippen LogP contribution in [0.5, 0.6) is 0 Å². The minimum atomic E-state index is -0.486. The summed E-state index contributed by atoms with van der Waals surface area (Å²) in [6.45, 7) is 0.661. The summed E-state index contributed by atoms with van der Waals surface area (Å²) in [6.07, 6.45) is 0.921. The molecule has 0 fully saturated rings.